The molecule has 1 aliphatic rings. The van der Waals surface area contributed by atoms with Crippen molar-refractivity contribution in [1.82, 2.24) is 10.2 Å². The van der Waals surface area contributed by atoms with Crippen LogP contribution in [-0.2, 0) is 9.59 Å². The summed E-state index contributed by atoms with van der Waals surface area (Å²) in [5.74, 6) is 0.864. The van der Waals surface area contributed by atoms with Crippen molar-refractivity contribution in [1.29, 1.82) is 0 Å². The van der Waals surface area contributed by atoms with Gasteiger partial charge in [-0.3, -0.25) is 14.4 Å². The molecule has 1 N–H and O–H groups in total. The Morgan fingerprint density at radius 1 is 0.969 bits per heavy atom. The van der Waals surface area contributed by atoms with E-state index in [1.54, 1.807) is 36.3 Å². The largest absolute Gasteiger partial charge is 0.493 e. The summed E-state index contributed by atoms with van der Waals surface area (Å²) in [5, 5.41) is 2.99. The van der Waals surface area contributed by atoms with Crippen LogP contribution < -0.4 is 14.8 Å². The van der Waals surface area contributed by atoms with Crippen LogP contribution in [0, 0.1) is 6.92 Å². The minimum atomic E-state index is -0.130. The van der Waals surface area contributed by atoms with Gasteiger partial charge in [0.1, 0.15) is 0 Å². The zero-order chi connectivity index (χ0) is 22.9. The normalized spacial score (nSPS) is 14.0. The van der Waals surface area contributed by atoms with E-state index in [-0.39, 0.29) is 43.1 Å². The van der Waals surface area contributed by atoms with E-state index in [2.05, 4.69) is 5.32 Å². The van der Waals surface area contributed by atoms with Crippen molar-refractivity contribution >= 4 is 17.6 Å². The van der Waals surface area contributed by atoms with Gasteiger partial charge in [-0.25, -0.2) is 0 Å². The molecule has 7 heteroatoms. The molecule has 0 aliphatic carbocycles. The first-order valence-corrected chi connectivity index (χ1v) is 10.9. The van der Waals surface area contributed by atoms with E-state index in [0.717, 1.165) is 5.56 Å². The molecule has 1 saturated heterocycles. The first-order valence-electron chi connectivity index (χ1n) is 10.9. The van der Waals surface area contributed by atoms with Gasteiger partial charge in [0.25, 0.3) is 5.91 Å². The van der Waals surface area contributed by atoms with E-state index in [4.69, 9.17) is 9.47 Å². The topological polar surface area (TPSA) is 84.9 Å². The van der Waals surface area contributed by atoms with Crippen molar-refractivity contribution in [2.45, 2.75) is 38.6 Å². The van der Waals surface area contributed by atoms with Crippen LogP contribution in [0.15, 0.2) is 48.5 Å². The minimum absolute atomic E-state index is 0.0103. The molecule has 0 unspecified atom stereocenters. The highest BCUT2D eigenvalue weighted by atomic mass is 16.5. The number of ketones is 1. The molecule has 2 aromatic rings. The van der Waals surface area contributed by atoms with Crippen LogP contribution >= 0.6 is 0 Å². The van der Waals surface area contributed by atoms with Crippen molar-refractivity contribution in [3.63, 3.8) is 0 Å². The summed E-state index contributed by atoms with van der Waals surface area (Å²) in [5.41, 5.74) is 1.72. The quantitative estimate of drug-likeness (QED) is 0.608. The fraction of sp³-hybridized carbons (Fsp3) is 0.400. The van der Waals surface area contributed by atoms with E-state index < -0.39 is 0 Å². The number of nitrogens with zero attached hydrogens (tertiary/aromatic N) is 1. The number of likely N-dealkylation sites (tertiary alicyclic amines) is 1. The Balaban J connectivity index is 1.36. The molecule has 7 nitrogen and oxygen atoms in total. The number of methoxy groups -OCH3 is 1. The van der Waals surface area contributed by atoms with E-state index >= 15 is 0 Å². The molecular formula is C25H30N2O5. The molecule has 0 atom stereocenters. The zero-order valence-electron chi connectivity index (χ0n) is 18.6. The average Bonchev–Trinajstić information content (AvgIpc) is 2.82. The van der Waals surface area contributed by atoms with Crippen molar-refractivity contribution in [2.75, 3.05) is 26.8 Å². The number of rotatable bonds is 9. The first kappa shape index (κ1) is 23.3. The molecule has 0 aromatic heterocycles. The number of Topliss-reactive ketones (excluding diaryl/α,β-unsaturated/α-hetero) is 1. The average molecular weight is 439 g/mol. The molecular weight excluding hydrogens is 408 g/mol. The van der Waals surface area contributed by atoms with Gasteiger partial charge in [0, 0.05) is 37.5 Å². The first-order chi connectivity index (χ1) is 15.5. The highest BCUT2D eigenvalue weighted by Gasteiger charge is 2.24. The standard InChI is InChI=1S/C25H30N2O5/c1-18-7-9-19(10-8-18)21(28)11-12-24(29)26-20-13-15-27(16-14-20)25(30)17-32-23-6-4-3-5-22(23)31-2/h3-10,20H,11-17H2,1-2H3,(H,26,29). The highest BCUT2D eigenvalue weighted by molar-refractivity contribution is 5.98. The fourth-order valence-corrected chi connectivity index (χ4v) is 3.65. The third-order valence-corrected chi connectivity index (χ3v) is 5.59. The lowest BCUT2D eigenvalue weighted by atomic mass is 10.0. The fourth-order valence-electron chi connectivity index (χ4n) is 3.65. The number of carbonyl (C=O) groups excluding carboxylic acids is 3. The Morgan fingerprint density at radius 2 is 1.62 bits per heavy atom. The second-order valence-corrected chi connectivity index (χ2v) is 7.95. The number of amides is 2. The Hall–Kier alpha value is -3.35. The van der Waals surface area contributed by atoms with Crippen LogP contribution in [0.5, 0.6) is 11.5 Å². The number of carbonyl (C=O) groups is 3. The Bertz CT molecular complexity index is 934. The summed E-state index contributed by atoms with van der Waals surface area (Å²) >= 11 is 0. The lowest BCUT2D eigenvalue weighted by Gasteiger charge is -2.32. The van der Waals surface area contributed by atoms with Gasteiger partial charge >= 0.3 is 0 Å². The molecule has 1 heterocycles. The number of ether oxygens (including phenoxy) is 2. The van der Waals surface area contributed by atoms with E-state index in [0.29, 0.717) is 43.0 Å². The van der Waals surface area contributed by atoms with E-state index in [1.807, 2.05) is 31.2 Å². The van der Waals surface area contributed by atoms with Gasteiger partial charge in [-0.15, -0.1) is 0 Å². The number of hydrogen-bond donors (Lipinski definition) is 1. The molecule has 1 aliphatic heterocycles. The van der Waals surface area contributed by atoms with Crippen LogP contribution in [-0.4, -0.2) is 55.3 Å². The maximum atomic E-state index is 12.5. The molecule has 0 radical (unpaired) electrons. The van der Waals surface area contributed by atoms with E-state index in [1.165, 1.54) is 0 Å². The third-order valence-electron chi connectivity index (χ3n) is 5.59. The van der Waals surface area contributed by atoms with Gasteiger partial charge < -0.3 is 19.7 Å². The summed E-state index contributed by atoms with van der Waals surface area (Å²) in [4.78, 5) is 38.7. The predicted molar refractivity (Wildman–Crippen MR) is 121 cm³/mol. The predicted octanol–water partition coefficient (Wildman–Crippen LogP) is 3.15. The van der Waals surface area contributed by atoms with E-state index in [9.17, 15) is 14.4 Å². The van der Waals surface area contributed by atoms with Crippen molar-refractivity contribution < 1.29 is 23.9 Å². The maximum Gasteiger partial charge on any atom is 0.260 e. The molecule has 170 valence electrons. The zero-order valence-corrected chi connectivity index (χ0v) is 18.6. The lowest BCUT2D eigenvalue weighted by molar-refractivity contribution is -0.134. The number of para-hydroxylation sites is 2. The van der Waals surface area contributed by atoms with Gasteiger partial charge in [0.05, 0.1) is 7.11 Å². The molecule has 0 spiro atoms. The number of piperidine rings is 1. The van der Waals surface area contributed by atoms with Crippen molar-refractivity contribution in [3.8, 4) is 11.5 Å². The summed E-state index contributed by atoms with van der Waals surface area (Å²) in [6.45, 7) is 3.02. The smallest absolute Gasteiger partial charge is 0.260 e. The molecule has 0 saturated carbocycles. The van der Waals surface area contributed by atoms with Crippen LogP contribution in [0.2, 0.25) is 0 Å². The van der Waals surface area contributed by atoms with Gasteiger partial charge in [-0.05, 0) is 31.9 Å². The lowest BCUT2D eigenvalue weighted by Crippen LogP contribution is -2.47. The van der Waals surface area contributed by atoms with Crippen LogP contribution in [0.4, 0.5) is 0 Å². The highest BCUT2D eigenvalue weighted by Crippen LogP contribution is 2.25. The number of benzene rings is 2. The van der Waals surface area contributed by atoms with Gasteiger partial charge in [-0.1, -0.05) is 42.0 Å². The Morgan fingerprint density at radius 3 is 2.28 bits per heavy atom. The molecule has 2 amide bonds. The number of aryl methyl sites for hydroxylation is 1. The van der Waals surface area contributed by atoms with Gasteiger partial charge in [0.2, 0.25) is 5.91 Å². The summed E-state index contributed by atoms with van der Waals surface area (Å²) in [7, 11) is 1.56. The van der Waals surface area contributed by atoms with Gasteiger partial charge in [0.15, 0.2) is 23.9 Å². The monoisotopic (exact) mass is 438 g/mol. The molecule has 32 heavy (non-hydrogen) atoms. The number of hydrogen-bond acceptors (Lipinski definition) is 5. The summed E-state index contributed by atoms with van der Waals surface area (Å²) in [6.07, 6.45) is 1.71. The van der Waals surface area contributed by atoms with Crippen LogP contribution in [0.3, 0.4) is 0 Å². The summed E-state index contributed by atoms with van der Waals surface area (Å²) < 4.78 is 10.8. The Labute approximate surface area is 188 Å². The third kappa shape index (κ3) is 6.57. The molecule has 3 rings (SSSR count). The number of nitrogens with one attached hydrogen (secondary N) is 1. The van der Waals surface area contributed by atoms with Crippen molar-refractivity contribution in [2.24, 2.45) is 0 Å². The second kappa shape index (κ2) is 11.3. The van der Waals surface area contributed by atoms with Gasteiger partial charge in [-0.2, -0.15) is 0 Å². The Kier molecular flexibility index (Phi) is 8.25. The second-order valence-electron chi connectivity index (χ2n) is 7.95. The van der Waals surface area contributed by atoms with Crippen LogP contribution in [0.25, 0.3) is 0 Å². The molecule has 0 bridgehead atoms. The van der Waals surface area contributed by atoms with Crippen molar-refractivity contribution in [3.05, 3.63) is 59.7 Å². The molecule has 1 fully saturated rings. The SMILES string of the molecule is COc1ccccc1OCC(=O)N1CCC(NC(=O)CCC(=O)c2ccc(C)cc2)CC1. The van der Waals surface area contributed by atoms with Crippen LogP contribution in [0.1, 0.15) is 41.6 Å². The minimum Gasteiger partial charge on any atom is -0.493 e. The summed E-state index contributed by atoms with van der Waals surface area (Å²) in [6, 6.07) is 14.6. The maximum absolute atomic E-state index is 12.5. The molecule has 2 aromatic carbocycles.